The van der Waals surface area contributed by atoms with E-state index in [1.54, 1.807) is 20.8 Å². The number of carbonyl (C=O) groups excluding carboxylic acids is 2. The van der Waals surface area contributed by atoms with Crippen LogP contribution in [0.4, 0.5) is 0 Å². The molecule has 13 heteroatoms. The van der Waals surface area contributed by atoms with Gasteiger partial charge in [-0.05, 0) is 50.5 Å². The summed E-state index contributed by atoms with van der Waals surface area (Å²) in [5.74, 6) is -0.160. The average Bonchev–Trinajstić information content (AvgIpc) is 3.14. The molecule has 0 aliphatic heterocycles. The van der Waals surface area contributed by atoms with E-state index in [1.807, 2.05) is 89.8 Å². The van der Waals surface area contributed by atoms with Crippen molar-refractivity contribution < 1.29 is 47.7 Å². The predicted molar refractivity (Wildman–Crippen MR) is 205 cm³/mol. The minimum Gasteiger partial charge on any atom is -0.491 e. The van der Waals surface area contributed by atoms with Gasteiger partial charge in [-0.3, -0.25) is 9.59 Å². The van der Waals surface area contributed by atoms with Gasteiger partial charge in [0.05, 0.1) is 51.7 Å². The summed E-state index contributed by atoms with van der Waals surface area (Å²) in [6.45, 7) is 8.80. The summed E-state index contributed by atoms with van der Waals surface area (Å²) in [5, 5.41) is 10.4. The van der Waals surface area contributed by atoms with Gasteiger partial charge in [0.25, 0.3) is 0 Å². The second-order valence-electron chi connectivity index (χ2n) is 12.6. The fraction of sp³-hybridized carbons (Fsp3) is 0.500. The van der Waals surface area contributed by atoms with Gasteiger partial charge < -0.3 is 33.5 Å². The van der Waals surface area contributed by atoms with E-state index in [1.165, 1.54) is 0 Å². The first kappa shape index (κ1) is 41.2. The Morgan fingerprint density at radius 3 is 1.94 bits per heavy atom. The number of hydrogen-bond donors (Lipinski definition) is 2. The predicted octanol–water partition coefficient (Wildman–Crippen LogP) is 5.91. The third kappa shape index (κ3) is 15.1. The molecule has 0 radical (unpaired) electrons. The van der Waals surface area contributed by atoms with Crippen LogP contribution in [0, 0.1) is 5.41 Å². The number of aromatic nitrogens is 1. The van der Waals surface area contributed by atoms with Crippen LogP contribution in [0.2, 0.25) is 0 Å². The average molecular weight is 811 g/mol. The Kier molecular flexibility index (Phi) is 18.2. The van der Waals surface area contributed by atoms with Gasteiger partial charge in [0.2, 0.25) is 0 Å². The lowest BCUT2D eigenvalue weighted by atomic mass is 9.83. The van der Waals surface area contributed by atoms with Crippen molar-refractivity contribution in [3.8, 4) is 5.75 Å². The summed E-state index contributed by atoms with van der Waals surface area (Å²) in [5.41, 5.74) is 1.18. The zero-order valence-electron chi connectivity index (χ0n) is 30.7. The van der Waals surface area contributed by atoms with Crippen molar-refractivity contribution in [3.63, 3.8) is 0 Å². The van der Waals surface area contributed by atoms with Gasteiger partial charge in [0.1, 0.15) is 29.8 Å². The van der Waals surface area contributed by atoms with Crippen LogP contribution >= 0.6 is 37.0 Å². The first-order chi connectivity index (χ1) is 25.0. The highest BCUT2D eigenvalue weighted by Crippen LogP contribution is 2.45. The zero-order chi connectivity index (χ0) is 37.7. The number of hydrogen-bond acceptors (Lipinski definition) is 10. The Bertz CT molecular complexity index is 1460. The lowest BCUT2D eigenvalue weighted by molar-refractivity contribution is -0.697. The smallest absolute Gasteiger partial charge is 0.322 e. The van der Waals surface area contributed by atoms with E-state index < -0.39 is 27.0 Å². The molecule has 0 spiro atoms. The van der Waals surface area contributed by atoms with Crippen LogP contribution in [0.15, 0.2) is 85.2 Å². The normalized spacial score (nSPS) is 14.4. The molecule has 0 bridgehead atoms. The molecule has 51 heavy (non-hydrogen) atoms. The molecule has 0 saturated heterocycles. The molecule has 3 aromatic rings. The molecule has 10 nitrogen and oxygen atoms in total. The van der Waals surface area contributed by atoms with Crippen molar-refractivity contribution in [2.24, 2.45) is 5.41 Å². The number of nitrogens with zero attached hydrogens (tertiary/aromatic N) is 1. The summed E-state index contributed by atoms with van der Waals surface area (Å²) in [7, 11) is 0.138. The molecule has 3 atom stereocenters. The number of rotatable bonds is 26. The number of halogens is 1. The fourth-order valence-electron chi connectivity index (χ4n) is 5.22. The third-order valence-corrected chi connectivity index (χ3v) is 10.1. The molecule has 1 N–H and O–H groups in total. The highest BCUT2D eigenvalue weighted by molar-refractivity contribution is 9.10. The van der Waals surface area contributed by atoms with Gasteiger partial charge in [0.15, 0.2) is 18.9 Å². The lowest BCUT2D eigenvalue weighted by Crippen LogP contribution is -2.40. The van der Waals surface area contributed by atoms with E-state index in [4.69, 9.17) is 29.5 Å². The molecule has 0 aliphatic carbocycles. The number of aliphatic hydroxyl groups is 1. The minimum atomic E-state index is -1.15. The maximum atomic E-state index is 12.8. The molecular formula is C38H52BrNO9PS+. The van der Waals surface area contributed by atoms with Crippen LogP contribution in [0.3, 0.4) is 0 Å². The Morgan fingerprint density at radius 2 is 1.31 bits per heavy atom. The number of benzene rings is 2. The number of pyridine rings is 1. The molecule has 0 amide bonds. The highest BCUT2D eigenvalue weighted by Gasteiger charge is 2.42. The molecule has 3 rings (SSSR count). The Morgan fingerprint density at radius 1 is 0.765 bits per heavy atom. The van der Waals surface area contributed by atoms with Gasteiger partial charge in [-0.25, -0.2) is 4.57 Å². The van der Waals surface area contributed by atoms with Crippen molar-refractivity contribution in [2.75, 3.05) is 65.0 Å². The summed E-state index contributed by atoms with van der Waals surface area (Å²) >= 11 is 4.44. The number of thiol groups is 1. The third-order valence-electron chi connectivity index (χ3n) is 7.82. The SMILES string of the molecule is [2H]SCPC(O)(c1ccccc1)c1ccc(OCCOCCOCCOCCOC(=O)C(C)(C)CC(C)(Br)C(=O)OCCC[n+]2ccccc2)cc1. The van der Waals surface area contributed by atoms with E-state index in [0.717, 1.165) is 30.2 Å². The molecule has 280 valence electrons. The lowest BCUT2D eigenvalue weighted by Gasteiger charge is -2.30. The molecule has 0 saturated carbocycles. The largest absolute Gasteiger partial charge is 0.491 e. The number of aryl methyl sites for hydroxylation is 1. The molecule has 2 aromatic carbocycles. The number of esters is 2. The maximum absolute atomic E-state index is 12.8. The van der Waals surface area contributed by atoms with Crippen molar-refractivity contribution in [2.45, 2.75) is 49.8 Å². The van der Waals surface area contributed by atoms with Gasteiger partial charge in [-0.2, -0.15) is 12.5 Å². The van der Waals surface area contributed by atoms with Gasteiger partial charge in [0, 0.05) is 24.0 Å². The molecule has 3 unspecified atom stereocenters. The van der Waals surface area contributed by atoms with Gasteiger partial charge in [-0.15, -0.1) is 0 Å². The molecule has 0 fully saturated rings. The first-order valence-corrected chi connectivity index (χ1v) is 19.6. The Labute approximate surface area is 318 Å². The van der Waals surface area contributed by atoms with Crippen molar-refractivity contribution in [3.05, 3.63) is 96.3 Å². The second-order valence-corrected chi connectivity index (χ2v) is 16.6. The molecule has 1 aromatic heterocycles. The zero-order valence-corrected chi connectivity index (χ0v) is 33.1. The van der Waals surface area contributed by atoms with E-state index >= 15 is 0 Å². The van der Waals surface area contributed by atoms with E-state index in [9.17, 15) is 14.7 Å². The van der Waals surface area contributed by atoms with E-state index in [0.29, 0.717) is 57.3 Å². The Hall–Kier alpha value is -2.57. The number of ether oxygens (including phenoxy) is 6. The second kappa shape index (κ2) is 22.5. The molecular weight excluding hydrogens is 757 g/mol. The van der Waals surface area contributed by atoms with E-state index in [-0.39, 0.29) is 34.8 Å². The summed E-state index contributed by atoms with van der Waals surface area (Å²) in [6, 6.07) is 22.8. The maximum Gasteiger partial charge on any atom is 0.322 e. The first-order valence-electron chi connectivity index (χ1n) is 17.4. The van der Waals surface area contributed by atoms with Gasteiger partial charge in [-0.1, -0.05) is 73.0 Å². The summed E-state index contributed by atoms with van der Waals surface area (Å²) < 4.78 is 41.8. The van der Waals surface area contributed by atoms with Crippen molar-refractivity contribution in [1.29, 1.82) is 1.12 Å². The van der Waals surface area contributed by atoms with Crippen molar-refractivity contribution >= 4 is 49.0 Å². The van der Waals surface area contributed by atoms with E-state index in [2.05, 4.69) is 15.9 Å². The van der Waals surface area contributed by atoms with Crippen LogP contribution < -0.4 is 9.30 Å². The Balaban J connectivity index is 1.19. The van der Waals surface area contributed by atoms with Crippen LogP contribution in [-0.2, 0) is 45.2 Å². The van der Waals surface area contributed by atoms with Crippen LogP contribution in [0.25, 0.3) is 0 Å². The quantitative estimate of drug-likeness (QED) is 0.0256. The highest BCUT2D eigenvalue weighted by atomic mass is 79.9. The summed E-state index contributed by atoms with van der Waals surface area (Å²) in [6.07, 6.45) is 4.80. The van der Waals surface area contributed by atoms with Crippen LogP contribution in [0.1, 0.15) is 44.7 Å². The van der Waals surface area contributed by atoms with Crippen molar-refractivity contribution in [1.82, 2.24) is 0 Å². The monoisotopic (exact) mass is 809 g/mol. The van der Waals surface area contributed by atoms with Gasteiger partial charge >= 0.3 is 11.9 Å². The van der Waals surface area contributed by atoms with Crippen LogP contribution in [0.5, 0.6) is 5.75 Å². The molecule has 0 aliphatic rings. The number of carbonyl (C=O) groups is 2. The minimum absolute atomic E-state index is 0.0914. The summed E-state index contributed by atoms with van der Waals surface area (Å²) in [4.78, 5) is 25.5. The standard InChI is InChI=1S/C38H51BrNO9PS/c1-36(2,29-37(3,39)35(42)48-20-10-19-40-17-8-5-9-18-40)34(41)49-28-26-46-24-22-44-21-23-45-25-27-47-33-15-13-32(14-16-33)38(43,50-30-51)31-11-6-4-7-12-31/h4-9,11-18,43,50H,10,19-30H2,1-3H3/p+1/i/hD. The molecule has 1 heterocycles. The topological polar surface area (TPSA) is 114 Å². The number of alkyl halides is 1. The van der Waals surface area contributed by atoms with Crippen LogP contribution in [-0.4, -0.2) is 87.4 Å². The fourth-order valence-corrected chi connectivity index (χ4v) is 7.61.